The number of unbranched alkanes of at least 4 members (excludes halogenated alkanes) is 4. The van der Waals surface area contributed by atoms with Gasteiger partial charge in [0, 0.05) is 5.33 Å². The molecule has 0 N–H and O–H groups in total. The fourth-order valence-corrected chi connectivity index (χ4v) is 1.77. The summed E-state index contributed by atoms with van der Waals surface area (Å²) in [6, 6.07) is 0. The molecule has 0 saturated heterocycles. The van der Waals surface area contributed by atoms with E-state index in [1.54, 1.807) is 0 Å². The van der Waals surface area contributed by atoms with Crippen molar-refractivity contribution in [3.05, 3.63) is 12.2 Å². The summed E-state index contributed by atoms with van der Waals surface area (Å²) in [4.78, 5) is 11.1. The van der Waals surface area contributed by atoms with Gasteiger partial charge in [-0.05, 0) is 44.9 Å². The second kappa shape index (κ2) is 14.6. The molecule has 0 bridgehead atoms. The van der Waals surface area contributed by atoms with Crippen molar-refractivity contribution in [1.82, 2.24) is 0 Å². The molecule has 0 atom stereocenters. The number of hydrogen-bond acceptors (Lipinski definition) is 3. The number of hydrogen-bond donors (Lipinski definition) is 0. The smallest absolute Gasteiger partial charge is 0.434 e. The molecule has 0 aliphatic heterocycles. The van der Waals surface area contributed by atoms with Crippen LogP contribution in [0.4, 0.5) is 4.79 Å². The lowest BCUT2D eigenvalue weighted by atomic mass is 10.2. The molecule has 4 heteroatoms. The van der Waals surface area contributed by atoms with Crippen molar-refractivity contribution in [2.24, 2.45) is 0 Å². The third-order valence-corrected chi connectivity index (χ3v) is 2.95. The predicted molar refractivity (Wildman–Crippen MR) is 78.2 cm³/mol. The highest BCUT2D eigenvalue weighted by Crippen LogP contribution is 2.02. The number of alkyl halides is 1. The molecule has 0 fully saturated rings. The average Bonchev–Trinajstić information content (AvgIpc) is 2.38. The van der Waals surface area contributed by atoms with Gasteiger partial charge in [0.2, 0.25) is 0 Å². The van der Waals surface area contributed by atoms with Crippen molar-refractivity contribution in [2.45, 2.75) is 51.9 Å². The Morgan fingerprint density at radius 3 is 2.28 bits per heavy atom. The third kappa shape index (κ3) is 13.6. The van der Waals surface area contributed by atoms with Gasteiger partial charge in [-0.3, -0.25) is 0 Å². The lowest BCUT2D eigenvalue weighted by Crippen LogP contribution is -2.09. The Balaban J connectivity index is 3.17. The minimum absolute atomic E-state index is 0.451. The lowest BCUT2D eigenvalue weighted by molar-refractivity contribution is 0.0533. The first-order chi connectivity index (χ1) is 8.81. The summed E-state index contributed by atoms with van der Waals surface area (Å²) >= 11 is 3.32. The van der Waals surface area contributed by atoms with Gasteiger partial charge in [0.25, 0.3) is 0 Å². The molecule has 0 rings (SSSR count). The minimum Gasteiger partial charge on any atom is -0.434 e. The summed E-state index contributed by atoms with van der Waals surface area (Å²) in [6.07, 6.45) is 11.1. The van der Waals surface area contributed by atoms with Crippen molar-refractivity contribution in [3.63, 3.8) is 0 Å². The second-order valence-corrected chi connectivity index (χ2v) is 4.86. The number of ether oxygens (including phenoxy) is 2. The number of allylic oxidation sites excluding steroid dienone is 2. The molecule has 0 aliphatic rings. The SMILES string of the molecule is CCC=CCCCCCOC(=O)OCCCCBr. The van der Waals surface area contributed by atoms with Crippen LogP contribution >= 0.6 is 15.9 Å². The van der Waals surface area contributed by atoms with Gasteiger partial charge in [0.15, 0.2) is 0 Å². The zero-order chi connectivity index (χ0) is 13.5. The highest BCUT2D eigenvalue weighted by atomic mass is 79.9. The Morgan fingerprint density at radius 2 is 1.67 bits per heavy atom. The maximum atomic E-state index is 11.1. The molecule has 0 saturated carbocycles. The summed E-state index contributed by atoms with van der Waals surface area (Å²) in [7, 11) is 0. The van der Waals surface area contributed by atoms with Crippen LogP contribution < -0.4 is 0 Å². The van der Waals surface area contributed by atoms with Crippen LogP contribution in [0.5, 0.6) is 0 Å². The summed E-state index contributed by atoms with van der Waals surface area (Å²) in [6.45, 7) is 3.05. The minimum atomic E-state index is -0.532. The number of rotatable bonds is 11. The van der Waals surface area contributed by atoms with Crippen molar-refractivity contribution < 1.29 is 14.3 Å². The van der Waals surface area contributed by atoms with E-state index >= 15 is 0 Å². The second-order valence-electron chi connectivity index (χ2n) is 4.07. The average molecular weight is 321 g/mol. The van der Waals surface area contributed by atoms with Gasteiger partial charge in [-0.1, -0.05) is 35.0 Å². The van der Waals surface area contributed by atoms with E-state index in [1.807, 2.05) is 0 Å². The van der Waals surface area contributed by atoms with Gasteiger partial charge < -0.3 is 9.47 Å². The molecule has 0 unspecified atom stereocenters. The summed E-state index contributed by atoms with van der Waals surface area (Å²) in [5, 5.41) is 0.942. The van der Waals surface area contributed by atoms with Crippen LogP contribution in [0.2, 0.25) is 0 Å². The molecular formula is C14H25BrO3. The maximum absolute atomic E-state index is 11.1. The fraction of sp³-hybridized carbons (Fsp3) is 0.786. The molecule has 3 nitrogen and oxygen atoms in total. The molecule has 0 spiro atoms. The summed E-state index contributed by atoms with van der Waals surface area (Å²) < 4.78 is 9.87. The quantitative estimate of drug-likeness (QED) is 0.236. The lowest BCUT2D eigenvalue weighted by Gasteiger charge is -2.05. The van der Waals surface area contributed by atoms with Crippen molar-refractivity contribution in [3.8, 4) is 0 Å². The van der Waals surface area contributed by atoms with Crippen molar-refractivity contribution in [1.29, 1.82) is 0 Å². The number of halogens is 1. The Morgan fingerprint density at radius 1 is 1.00 bits per heavy atom. The molecule has 18 heavy (non-hydrogen) atoms. The van der Waals surface area contributed by atoms with E-state index in [4.69, 9.17) is 9.47 Å². The largest absolute Gasteiger partial charge is 0.508 e. The molecule has 0 amide bonds. The van der Waals surface area contributed by atoms with Crippen LogP contribution in [0.3, 0.4) is 0 Å². The molecule has 0 aliphatic carbocycles. The van der Waals surface area contributed by atoms with E-state index in [9.17, 15) is 4.79 Å². The molecule has 0 aromatic rings. The van der Waals surface area contributed by atoms with Crippen molar-refractivity contribution >= 4 is 22.1 Å². The van der Waals surface area contributed by atoms with Crippen LogP contribution in [-0.4, -0.2) is 24.7 Å². The molecule has 0 radical (unpaired) electrons. The van der Waals surface area contributed by atoms with Crippen LogP contribution in [0, 0.1) is 0 Å². The predicted octanol–water partition coefficient (Wildman–Crippen LogP) is 4.84. The molecule has 0 aromatic carbocycles. The molecule has 106 valence electrons. The summed E-state index contributed by atoms with van der Waals surface area (Å²) in [5.41, 5.74) is 0. The number of carbonyl (C=O) groups is 1. The fourth-order valence-electron chi connectivity index (χ4n) is 1.37. The van der Waals surface area contributed by atoms with Crippen LogP contribution in [-0.2, 0) is 9.47 Å². The highest BCUT2D eigenvalue weighted by molar-refractivity contribution is 9.09. The first-order valence-corrected chi connectivity index (χ1v) is 7.94. The Kier molecular flexibility index (Phi) is 14.1. The molecule has 0 heterocycles. The third-order valence-electron chi connectivity index (χ3n) is 2.39. The molecule has 0 aromatic heterocycles. The van der Waals surface area contributed by atoms with Crippen LogP contribution in [0.15, 0.2) is 12.2 Å². The zero-order valence-electron chi connectivity index (χ0n) is 11.3. The first-order valence-electron chi connectivity index (χ1n) is 6.81. The van der Waals surface area contributed by atoms with Gasteiger partial charge in [0.1, 0.15) is 0 Å². The Bertz CT molecular complexity index is 217. The van der Waals surface area contributed by atoms with E-state index in [2.05, 4.69) is 35.0 Å². The van der Waals surface area contributed by atoms with E-state index in [0.29, 0.717) is 13.2 Å². The van der Waals surface area contributed by atoms with Crippen LogP contribution in [0.25, 0.3) is 0 Å². The van der Waals surface area contributed by atoms with Crippen LogP contribution in [0.1, 0.15) is 51.9 Å². The van der Waals surface area contributed by atoms with E-state index in [1.165, 1.54) is 0 Å². The monoisotopic (exact) mass is 320 g/mol. The van der Waals surface area contributed by atoms with E-state index < -0.39 is 6.16 Å². The Labute approximate surface area is 119 Å². The Hall–Kier alpha value is -0.510. The maximum Gasteiger partial charge on any atom is 0.508 e. The van der Waals surface area contributed by atoms with Gasteiger partial charge in [0.05, 0.1) is 13.2 Å². The van der Waals surface area contributed by atoms with Gasteiger partial charge >= 0.3 is 6.16 Å². The van der Waals surface area contributed by atoms with Gasteiger partial charge in [-0.25, -0.2) is 4.79 Å². The van der Waals surface area contributed by atoms with E-state index in [-0.39, 0.29) is 0 Å². The van der Waals surface area contributed by atoms with E-state index in [0.717, 1.165) is 50.3 Å². The van der Waals surface area contributed by atoms with Crippen molar-refractivity contribution in [2.75, 3.05) is 18.5 Å². The number of carbonyl (C=O) groups excluding carboxylic acids is 1. The topological polar surface area (TPSA) is 35.5 Å². The van der Waals surface area contributed by atoms with Gasteiger partial charge in [-0.15, -0.1) is 0 Å². The highest BCUT2D eigenvalue weighted by Gasteiger charge is 2.02. The van der Waals surface area contributed by atoms with Gasteiger partial charge in [-0.2, -0.15) is 0 Å². The normalized spacial score (nSPS) is 10.8. The summed E-state index contributed by atoms with van der Waals surface area (Å²) in [5.74, 6) is 0. The zero-order valence-corrected chi connectivity index (χ0v) is 12.9. The standard InChI is InChI=1S/C14H25BrO3/c1-2-3-4-5-6-7-9-12-17-14(16)18-13-10-8-11-15/h3-4H,2,5-13H2,1H3. The molecular weight excluding hydrogens is 296 g/mol. The first kappa shape index (κ1) is 17.5.